The van der Waals surface area contributed by atoms with E-state index in [0.29, 0.717) is 12.1 Å². The molecule has 0 saturated heterocycles. The highest BCUT2D eigenvalue weighted by Crippen LogP contribution is 2.21. The first kappa shape index (κ1) is 12.0. The van der Waals surface area contributed by atoms with Crippen molar-refractivity contribution in [3.8, 4) is 0 Å². The van der Waals surface area contributed by atoms with Gasteiger partial charge in [-0.05, 0) is 32.6 Å². The van der Waals surface area contributed by atoms with Gasteiger partial charge in [-0.15, -0.1) is 11.3 Å². The van der Waals surface area contributed by atoms with Crippen molar-refractivity contribution >= 4 is 11.3 Å². The molecule has 0 bridgehead atoms. The van der Waals surface area contributed by atoms with Gasteiger partial charge in [-0.1, -0.05) is 0 Å². The highest BCUT2D eigenvalue weighted by Gasteiger charge is 2.23. The molecule has 0 aliphatic heterocycles. The maximum Gasteiger partial charge on any atom is 0.0797 e. The van der Waals surface area contributed by atoms with Gasteiger partial charge in [0, 0.05) is 24.6 Å². The lowest BCUT2D eigenvalue weighted by Crippen LogP contribution is -2.29. The minimum absolute atomic E-state index is 0.475. The molecule has 1 aromatic heterocycles. The van der Waals surface area contributed by atoms with Crippen LogP contribution in [0.1, 0.15) is 29.8 Å². The van der Waals surface area contributed by atoms with Gasteiger partial charge in [0.25, 0.3) is 0 Å². The average Bonchev–Trinajstić information content (AvgIpc) is 2.89. The van der Waals surface area contributed by atoms with E-state index in [1.54, 1.807) is 11.3 Å². The number of aromatic nitrogens is 1. The number of thiazole rings is 1. The van der Waals surface area contributed by atoms with Gasteiger partial charge in [-0.3, -0.25) is 0 Å². The third-order valence-corrected chi connectivity index (χ3v) is 4.34. The minimum Gasteiger partial charge on any atom is -0.381 e. The Hall–Kier alpha value is -0.450. The fourth-order valence-corrected chi connectivity index (χ4v) is 3.08. The van der Waals surface area contributed by atoms with E-state index < -0.39 is 0 Å². The topological polar surface area (TPSA) is 34.1 Å². The quantitative estimate of drug-likeness (QED) is 0.856. The number of rotatable bonds is 5. The summed E-state index contributed by atoms with van der Waals surface area (Å²) in [6, 6.07) is 0.651. The number of aryl methyl sites for hydroxylation is 1. The van der Waals surface area contributed by atoms with Crippen LogP contribution in [0.3, 0.4) is 0 Å². The SMILES string of the molecule is COC1CCC(NCCc2scnc2C)C1. The fraction of sp³-hybridized carbons (Fsp3) is 0.750. The van der Waals surface area contributed by atoms with E-state index in [-0.39, 0.29) is 0 Å². The molecule has 1 heterocycles. The van der Waals surface area contributed by atoms with Crippen LogP contribution in [0.25, 0.3) is 0 Å². The molecule has 0 radical (unpaired) electrons. The Bertz CT molecular complexity index is 327. The molecule has 4 heteroatoms. The Balaban J connectivity index is 1.67. The Morgan fingerprint density at radius 1 is 1.56 bits per heavy atom. The van der Waals surface area contributed by atoms with E-state index in [9.17, 15) is 0 Å². The Kier molecular flexibility index (Phi) is 4.32. The molecule has 1 N–H and O–H groups in total. The van der Waals surface area contributed by atoms with Crippen molar-refractivity contribution in [2.75, 3.05) is 13.7 Å². The first-order valence-electron chi connectivity index (χ1n) is 5.94. The predicted octanol–water partition coefficient (Wildman–Crippen LogP) is 2.15. The molecule has 0 aromatic carbocycles. The monoisotopic (exact) mass is 240 g/mol. The molecule has 2 unspecified atom stereocenters. The van der Waals surface area contributed by atoms with Gasteiger partial charge in [-0.2, -0.15) is 0 Å². The number of nitrogens with one attached hydrogen (secondary N) is 1. The van der Waals surface area contributed by atoms with E-state index in [4.69, 9.17) is 4.74 Å². The van der Waals surface area contributed by atoms with Crippen LogP contribution in [0.15, 0.2) is 5.51 Å². The van der Waals surface area contributed by atoms with Gasteiger partial charge in [0.2, 0.25) is 0 Å². The maximum atomic E-state index is 5.36. The van der Waals surface area contributed by atoms with Crippen molar-refractivity contribution in [2.45, 2.75) is 44.8 Å². The van der Waals surface area contributed by atoms with Gasteiger partial charge in [0.05, 0.1) is 17.3 Å². The van der Waals surface area contributed by atoms with Crippen molar-refractivity contribution in [1.82, 2.24) is 10.3 Å². The molecule has 2 atom stereocenters. The molecular weight excluding hydrogens is 220 g/mol. The first-order chi connectivity index (χ1) is 7.79. The highest BCUT2D eigenvalue weighted by molar-refractivity contribution is 7.09. The van der Waals surface area contributed by atoms with Gasteiger partial charge >= 0.3 is 0 Å². The second-order valence-corrected chi connectivity index (χ2v) is 5.37. The molecule has 1 fully saturated rings. The van der Waals surface area contributed by atoms with Crippen molar-refractivity contribution in [3.63, 3.8) is 0 Å². The molecule has 16 heavy (non-hydrogen) atoms. The van der Waals surface area contributed by atoms with Crippen molar-refractivity contribution < 1.29 is 4.74 Å². The average molecular weight is 240 g/mol. The van der Waals surface area contributed by atoms with Gasteiger partial charge in [-0.25, -0.2) is 4.98 Å². The molecule has 0 amide bonds. The summed E-state index contributed by atoms with van der Waals surface area (Å²) >= 11 is 1.76. The smallest absolute Gasteiger partial charge is 0.0797 e. The zero-order chi connectivity index (χ0) is 11.4. The molecular formula is C12H20N2OS. The lowest BCUT2D eigenvalue weighted by atomic mass is 10.2. The number of ether oxygens (including phenoxy) is 1. The molecule has 1 saturated carbocycles. The Morgan fingerprint density at radius 2 is 2.44 bits per heavy atom. The molecule has 1 aliphatic rings. The number of methoxy groups -OCH3 is 1. The van der Waals surface area contributed by atoms with Crippen LogP contribution in [0, 0.1) is 6.92 Å². The van der Waals surface area contributed by atoms with Crippen LogP contribution in [-0.4, -0.2) is 30.8 Å². The summed E-state index contributed by atoms with van der Waals surface area (Å²) in [5, 5.41) is 3.61. The van der Waals surface area contributed by atoms with E-state index >= 15 is 0 Å². The third-order valence-electron chi connectivity index (χ3n) is 3.35. The fourth-order valence-electron chi connectivity index (χ4n) is 2.30. The van der Waals surface area contributed by atoms with Crippen LogP contribution >= 0.6 is 11.3 Å². The highest BCUT2D eigenvalue weighted by atomic mass is 32.1. The summed E-state index contributed by atoms with van der Waals surface area (Å²) in [5.74, 6) is 0. The normalized spacial score (nSPS) is 25.1. The van der Waals surface area contributed by atoms with Crippen molar-refractivity contribution in [2.24, 2.45) is 0 Å². The standard InChI is InChI=1S/C12H20N2OS/c1-9-12(16-8-14-9)5-6-13-10-3-4-11(7-10)15-2/h8,10-11,13H,3-7H2,1-2H3. The van der Waals surface area contributed by atoms with E-state index in [1.807, 2.05) is 12.6 Å². The summed E-state index contributed by atoms with van der Waals surface area (Å²) < 4.78 is 5.36. The number of hydrogen-bond donors (Lipinski definition) is 1. The van der Waals surface area contributed by atoms with Gasteiger partial charge < -0.3 is 10.1 Å². The maximum absolute atomic E-state index is 5.36. The van der Waals surface area contributed by atoms with Gasteiger partial charge in [0.15, 0.2) is 0 Å². The minimum atomic E-state index is 0.475. The van der Waals surface area contributed by atoms with Crippen molar-refractivity contribution in [3.05, 3.63) is 16.1 Å². The van der Waals surface area contributed by atoms with Crippen LogP contribution in [0.5, 0.6) is 0 Å². The van der Waals surface area contributed by atoms with E-state index in [1.165, 1.54) is 23.4 Å². The molecule has 0 spiro atoms. The summed E-state index contributed by atoms with van der Waals surface area (Å²) in [7, 11) is 1.81. The summed E-state index contributed by atoms with van der Waals surface area (Å²) in [4.78, 5) is 5.67. The summed E-state index contributed by atoms with van der Waals surface area (Å²) in [6.45, 7) is 3.15. The molecule has 1 aromatic rings. The zero-order valence-corrected chi connectivity index (χ0v) is 10.8. The first-order valence-corrected chi connectivity index (χ1v) is 6.82. The Labute approximate surface area is 101 Å². The second kappa shape index (κ2) is 5.75. The second-order valence-electron chi connectivity index (χ2n) is 4.43. The summed E-state index contributed by atoms with van der Waals surface area (Å²) in [6.07, 6.45) is 5.19. The lowest BCUT2D eigenvalue weighted by Gasteiger charge is -2.12. The van der Waals surface area contributed by atoms with Crippen LogP contribution in [0.4, 0.5) is 0 Å². The van der Waals surface area contributed by atoms with Crippen LogP contribution in [-0.2, 0) is 11.2 Å². The number of nitrogens with zero attached hydrogens (tertiary/aromatic N) is 1. The molecule has 90 valence electrons. The van der Waals surface area contributed by atoms with E-state index in [0.717, 1.165) is 19.4 Å². The largest absolute Gasteiger partial charge is 0.381 e. The van der Waals surface area contributed by atoms with Gasteiger partial charge in [0.1, 0.15) is 0 Å². The molecule has 2 rings (SSSR count). The zero-order valence-electron chi connectivity index (χ0n) is 10.0. The number of hydrogen-bond acceptors (Lipinski definition) is 4. The predicted molar refractivity (Wildman–Crippen MR) is 67.0 cm³/mol. The molecule has 3 nitrogen and oxygen atoms in total. The lowest BCUT2D eigenvalue weighted by molar-refractivity contribution is 0.107. The third kappa shape index (κ3) is 3.03. The summed E-state index contributed by atoms with van der Waals surface area (Å²) in [5.41, 5.74) is 3.12. The Morgan fingerprint density at radius 3 is 3.06 bits per heavy atom. The van der Waals surface area contributed by atoms with Crippen molar-refractivity contribution in [1.29, 1.82) is 0 Å². The molecule has 1 aliphatic carbocycles. The van der Waals surface area contributed by atoms with Crippen LogP contribution in [0.2, 0.25) is 0 Å². The van der Waals surface area contributed by atoms with Crippen LogP contribution < -0.4 is 5.32 Å². The van der Waals surface area contributed by atoms with E-state index in [2.05, 4.69) is 17.2 Å².